The van der Waals surface area contributed by atoms with E-state index in [9.17, 15) is 0 Å². The van der Waals surface area contributed by atoms with Crippen molar-refractivity contribution in [2.24, 2.45) is 0 Å². The summed E-state index contributed by atoms with van der Waals surface area (Å²) in [5, 5.41) is 0.903. The molecule has 0 aliphatic carbocycles. The van der Waals surface area contributed by atoms with E-state index in [4.69, 9.17) is 18.9 Å². The predicted octanol–water partition coefficient (Wildman–Crippen LogP) is 4.50. The van der Waals surface area contributed by atoms with Crippen molar-refractivity contribution < 1.29 is 18.9 Å². The molecule has 0 fully saturated rings. The molecule has 2 aromatic carbocycles. The Balaban J connectivity index is 1.95. The largest absolute Gasteiger partial charge is 0.497 e. The Hall–Kier alpha value is -2.73. The molecule has 0 bridgehead atoms. The number of ether oxygens (including phenoxy) is 4. The Labute approximate surface area is 150 Å². The monoisotopic (exact) mass is 357 g/mol. The number of hydrogen-bond donors (Lipinski definition) is 0. The SMILES string of the molecule is COc1ccc2nc(/C=C/c3cc(OC)c(OC)cc3OC)sc2c1. The van der Waals surface area contributed by atoms with Gasteiger partial charge in [-0.2, -0.15) is 0 Å². The van der Waals surface area contributed by atoms with Gasteiger partial charge in [0.2, 0.25) is 0 Å². The number of benzene rings is 2. The van der Waals surface area contributed by atoms with Crippen LogP contribution in [0, 0.1) is 0 Å². The molecule has 0 atom stereocenters. The average Bonchev–Trinajstić information content (AvgIpc) is 3.07. The number of fused-ring (bicyclic) bond motifs is 1. The topological polar surface area (TPSA) is 49.8 Å². The fraction of sp³-hybridized carbons (Fsp3) is 0.211. The fourth-order valence-electron chi connectivity index (χ4n) is 2.47. The summed E-state index contributed by atoms with van der Waals surface area (Å²) >= 11 is 1.60. The molecule has 0 spiro atoms. The second-order valence-electron chi connectivity index (χ2n) is 5.17. The Bertz CT molecular complexity index is 917. The first-order valence-corrected chi connectivity index (χ1v) is 8.42. The molecule has 3 rings (SSSR count). The van der Waals surface area contributed by atoms with E-state index < -0.39 is 0 Å². The first kappa shape index (κ1) is 17.1. The molecule has 0 unspecified atom stereocenters. The van der Waals surface area contributed by atoms with E-state index in [2.05, 4.69) is 4.98 Å². The minimum absolute atomic E-state index is 0.628. The van der Waals surface area contributed by atoms with Crippen molar-refractivity contribution in [2.75, 3.05) is 28.4 Å². The van der Waals surface area contributed by atoms with Gasteiger partial charge < -0.3 is 18.9 Å². The van der Waals surface area contributed by atoms with Crippen LogP contribution in [-0.4, -0.2) is 33.4 Å². The zero-order valence-electron chi connectivity index (χ0n) is 14.5. The number of nitrogens with zero attached hydrogens (tertiary/aromatic N) is 1. The van der Waals surface area contributed by atoms with E-state index in [-0.39, 0.29) is 0 Å². The molecule has 1 heterocycles. The van der Waals surface area contributed by atoms with Crippen molar-refractivity contribution in [1.82, 2.24) is 4.98 Å². The lowest BCUT2D eigenvalue weighted by Crippen LogP contribution is -1.94. The first-order chi connectivity index (χ1) is 12.2. The summed E-state index contributed by atoms with van der Waals surface area (Å²) in [6, 6.07) is 9.54. The zero-order chi connectivity index (χ0) is 17.8. The van der Waals surface area contributed by atoms with E-state index in [0.29, 0.717) is 17.2 Å². The van der Waals surface area contributed by atoms with Gasteiger partial charge in [-0.15, -0.1) is 11.3 Å². The molecular formula is C19H19NO4S. The maximum atomic E-state index is 5.44. The van der Waals surface area contributed by atoms with Crippen molar-refractivity contribution >= 4 is 33.7 Å². The van der Waals surface area contributed by atoms with Crippen molar-refractivity contribution in [3.63, 3.8) is 0 Å². The van der Waals surface area contributed by atoms with E-state index in [1.807, 2.05) is 42.5 Å². The van der Waals surface area contributed by atoms with Crippen LogP contribution in [0.2, 0.25) is 0 Å². The molecule has 130 valence electrons. The number of thiazole rings is 1. The van der Waals surface area contributed by atoms with Crippen molar-refractivity contribution in [2.45, 2.75) is 0 Å². The van der Waals surface area contributed by atoms with Gasteiger partial charge >= 0.3 is 0 Å². The van der Waals surface area contributed by atoms with Gasteiger partial charge in [-0.05, 0) is 36.4 Å². The van der Waals surface area contributed by atoms with Gasteiger partial charge in [0.25, 0.3) is 0 Å². The van der Waals surface area contributed by atoms with Crippen LogP contribution in [0.3, 0.4) is 0 Å². The van der Waals surface area contributed by atoms with Crippen LogP contribution >= 0.6 is 11.3 Å². The van der Waals surface area contributed by atoms with Gasteiger partial charge in [0.05, 0.1) is 38.7 Å². The summed E-state index contributed by atoms with van der Waals surface area (Å²) < 4.78 is 22.5. The van der Waals surface area contributed by atoms with Crippen molar-refractivity contribution in [3.05, 3.63) is 40.9 Å². The molecule has 0 aliphatic heterocycles. The second kappa shape index (κ2) is 7.44. The van der Waals surface area contributed by atoms with Crippen LogP contribution in [0.25, 0.3) is 22.4 Å². The molecular weight excluding hydrogens is 338 g/mol. The standard InChI is InChI=1S/C19H19NO4S/c1-21-13-6-7-14-18(10-13)25-19(20-14)8-5-12-9-16(23-3)17(24-4)11-15(12)22-2/h5-11H,1-4H3/b8-5+. The predicted molar refractivity (Wildman–Crippen MR) is 101 cm³/mol. The quantitative estimate of drug-likeness (QED) is 0.650. The molecule has 1 aromatic heterocycles. The third-order valence-electron chi connectivity index (χ3n) is 3.75. The summed E-state index contributed by atoms with van der Waals surface area (Å²) in [5.74, 6) is 2.81. The summed E-state index contributed by atoms with van der Waals surface area (Å²) in [6.07, 6.45) is 3.91. The lowest BCUT2D eigenvalue weighted by atomic mass is 10.1. The van der Waals surface area contributed by atoms with E-state index >= 15 is 0 Å². The van der Waals surface area contributed by atoms with Crippen LogP contribution in [0.1, 0.15) is 10.6 Å². The smallest absolute Gasteiger partial charge is 0.164 e. The molecule has 0 saturated carbocycles. The zero-order valence-corrected chi connectivity index (χ0v) is 15.3. The molecule has 3 aromatic rings. The number of aromatic nitrogens is 1. The number of methoxy groups -OCH3 is 4. The second-order valence-corrected chi connectivity index (χ2v) is 6.23. The number of hydrogen-bond acceptors (Lipinski definition) is 6. The van der Waals surface area contributed by atoms with Gasteiger partial charge in [-0.3, -0.25) is 0 Å². The van der Waals surface area contributed by atoms with Crippen LogP contribution in [-0.2, 0) is 0 Å². The summed E-state index contributed by atoms with van der Waals surface area (Å²) in [7, 11) is 6.50. The van der Waals surface area contributed by atoms with Crippen molar-refractivity contribution in [3.8, 4) is 23.0 Å². The number of rotatable bonds is 6. The first-order valence-electron chi connectivity index (χ1n) is 7.61. The van der Waals surface area contributed by atoms with Crippen molar-refractivity contribution in [1.29, 1.82) is 0 Å². The lowest BCUT2D eigenvalue weighted by molar-refractivity contribution is 0.348. The minimum Gasteiger partial charge on any atom is -0.497 e. The minimum atomic E-state index is 0.628. The van der Waals surface area contributed by atoms with E-state index in [1.54, 1.807) is 39.8 Å². The molecule has 0 aliphatic rings. The lowest BCUT2D eigenvalue weighted by Gasteiger charge is -2.11. The van der Waals surface area contributed by atoms with E-state index in [0.717, 1.165) is 26.5 Å². The van der Waals surface area contributed by atoms with Crippen LogP contribution < -0.4 is 18.9 Å². The summed E-state index contributed by atoms with van der Waals surface area (Å²) in [4.78, 5) is 4.61. The van der Waals surface area contributed by atoms with Gasteiger partial charge in [0, 0.05) is 11.6 Å². The van der Waals surface area contributed by atoms with Crippen LogP contribution in [0.4, 0.5) is 0 Å². The Kier molecular flexibility index (Phi) is 5.09. The highest BCUT2D eigenvalue weighted by atomic mass is 32.1. The molecule has 0 N–H and O–H groups in total. The Morgan fingerprint density at radius 3 is 2.20 bits per heavy atom. The Morgan fingerprint density at radius 1 is 0.800 bits per heavy atom. The van der Waals surface area contributed by atoms with Gasteiger partial charge in [-0.25, -0.2) is 4.98 Å². The summed E-state index contributed by atoms with van der Waals surface area (Å²) in [5.41, 5.74) is 1.83. The maximum Gasteiger partial charge on any atom is 0.164 e. The van der Waals surface area contributed by atoms with Gasteiger partial charge in [0.15, 0.2) is 11.5 Å². The highest BCUT2D eigenvalue weighted by Gasteiger charge is 2.10. The highest BCUT2D eigenvalue weighted by Crippen LogP contribution is 2.36. The third kappa shape index (κ3) is 3.53. The highest BCUT2D eigenvalue weighted by molar-refractivity contribution is 7.19. The molecule has 5 nitrogen and oxygen atoms in total. The molecule has 0 amide bonds. The Morgan fingerprint density at radius 2 is 1.52 bits per heavy atom. The van der Waals surface area contributed by atoms with Crippen LogP contribution in [0.15, 0.2) is 30.3 Å². The van der Waals surface area contributed by atoms with Gasteiger partial charge in [0.1, 0.15) is 16.5 Å². The molecule has 0 saturated heterocycles. The molecule has 25 heavy (non-hydrogen) atoms. The van der Waals surface area contributed by atoms with Gasteiger partial charge in [-0.1, -0.05) is 0 Å². The maximum absolute atomic E-state index is 5.44. The fourth-order valence-corrected chi connectivity index (χ4v) is 3.36. The average molecular weight is 357 g/mol. The summed E-state index contributed by atoms with van der Waals surface area (Å²) in [6.45, 7) is 0. The molecule has 6 heteroatoms. The van der Waals surface area contributed by atoms with E-state index in [1.165, 1.54) is 0 Å². The normalized spacial score (nSPS) is 11.0. The van der Waals surface area contributed by atoms with Crippen LogP contribution in [0.5, 0.6) is 23.0 Å². The third-order valence-corrected chi connectivity index (χ3v) is 4.74. The molecule has 0 radical (unpaired) electrons.